The fraction of sp³-hybridized carbons (Fsp3) is 0.200. The average Bonchev–Trinajstić information content (AvgIpc) is 2.34. The molecule has 1 N–H and O–H groups in total. The zero-order valence-electron chi connectivity index (χ0n) is 10.7. The Kier molecular flexibility index (Phi) is 3.15. The Labute approximate surface area is 106 Å². The normalized spacial score (nSPS) is 10.4. The van der Waals surface area contributed by atoms with Gasteiger partial charge in [0.1, 0.15) is 0 Å². The number of carboxylic acid groups (broad SMARTS) is 1. The topological polar surface area (TPSA) is 50.2 Å². The lowest BCUT2D eigenvalue weighted by Crippen LogP contribution is -2.01. The highest BCUT2D eigenvalue weighted by atomic mass is 16.4. The fourth-order valence-corrected chi connectivity index (χ4v) is 2.05. The molecule has 0 radical (unpaired) electrons. The number of aryl methyl sites for hydroxylation is 3. The summed E-state index contributed by atoms with van der Waals surface area (Å²) in [6.45, 7) is 6.07. The minimum atomic E-state index is -0.948. The molecular weight excluding hydrogens is 226 g/mol. The summed E-state index contributed by atoms with van der Waals surface area (Å²) < 4.78 is 0. The smallest absolute Gasteiger partial charge is 0.337 e. The van der Waals surface area contributed by atoms with Gasteiger partial charge >= 0.3 is 5.97 Å². The quantitative estimate of drug-likeness (QED) is 0.876. The molecule has 0 unspecified atom stereocenters. The van der Waals surface area contributed by atoms with Gasteiger partial charge in [0, 0.05) is 12.4 Å². The van der Waals surface area contributed by atoms with E-state index < -0.39 is 5.97 Å². The van der Waals surface area contributed by atoms with E-state index in [0.29, 0.717) is 0 Å². The van der Waals surface area contributed by atoms with E-state index in [9.17, 15) is 9.90 Å². The van der Waals surface area contributed by atoms with Gasteiger partial charge in [-0.15, -0.1) is 0 Å². The van der Waals surface area contributed by atoms with E-state index >= 15 is 0 Å². The first-order valence-corrected chi connectivity index (χ1v) is 5.76. The Morgan fingerprint density at radius 3 is 2.39 bits per heavy atom. The molecule has 0 fully saturated rings. The van der Waals surface area contributed by atoms with E-state index in [1.54, 1.807) is 12.3 Å². The number of nitrogens with zero attached hydrogens (tertiary/aromatic N) is 1. The van der Waals surface area contributed by atoms with Crippen molar-refractivity contribution in [3.63, 3.8) is 0 Å². The van der Waals surface area contributed by atoms with Crippen LogP contribution in [0.5, 0.6) is 0 Å². The minimum Gasteiger partial charge on any atom is -0.478 e. The van der Waals surface area contributed by atoms with Crippen molar-refractivity contribution in [3.8, 4) is 11.1 Å². The SMILES string of the molecule is Cc1cc(C)c(-c2ccncc2C(=O)O)cc1C. The molecule has 0 aliphatic carbocycles. The van der Waals surface area contributed by atoms with E-state index in [1.165, 1.54) is 11.8 Å². The molecule has 1 heterocycles. The number of aromatic nitrogens is 1. The molecule has 2 aromatic rings. The number of hydrogen-bond donors (Lipinski definition) is 1. The van der Waals surface area contributed by atoms with Gasteiger partial charge in [-0.3, -0.25) is 4.98 Å². The molecule has 0 saturated carbocycles. The number of pyridine rings is 1. The van der Waals surface area contributed by atoms with Crippen LogP contribution in [0.2, 0.25) is 0 Å². The summed E-state index contributed by atoms with van der Waals surface area (Å²) in [5.41, 5.74) is 5.36. The predicted octanol–water partition coefficient (Wildman–Crippen LogP) is 3.37. The van der Waals surface area contributed by atoms with E-state index in [-0.39, 0.29) is 5.56 Å². The zero-order chi connectivity index (χ0) is 13.3. The van der Waals surface area contributed by atoms with Crippen molar-refractivity contribution in [1.29, 1.82) is 0 Å². The molecule has 3 heteroatoms. The third-order valence-electron chi connectivity index (χ3n) is 3.18. The first-order chi connectivity index (χ1) is 8.50. The maximum absolute atomic E-state index is 11.2. The molecule has 0 saturated heterocycles. The van der Waals surface area contributed by atoms with Crippen LogP contribution in [-0.2, 0) is 0 Å². The summed E-state index contributed by atoms with van der Waals surface area (Å²) in [7, 11) is 0. The second-order valence-electron chi connectivity index (χ2n) is 4.48. The van der Waals surface area contributed by atoms with E-state index in [4.69, 9.17) is 0 Å². The summed E-state index contributed by atoms with van der Waals surface area (Å²) >= 11 is 0. The maximum Gasteiger partial charge on any atom is 0.337 e. The summed E-state index contributed by atoms with van der Waals surface area (Å²) in [5.74, 6) is -0.948. The van der Waals surface area contributed by atoms with Crippen molar-refractivity contribution in [2.75, 3.05) is 0 Å². The lowest BCUT2D eigenvalue weighted by atomic mass is 9.93. The van der Waals surface area contributed by atoms with E-state index in [2.05, 4.69) is 18.0 Å². The van der Waals surface area contributed by atoms with Gasteiger partial charge in [-0.1, -0.05) is 12.1 Å². The Morgan fingerprint density at radius 2 is 1.72 bits per heavy atom. The molecule has 0 spiro atoms. The van der Waals surface area contributed by atoms with Crippen LogP contribution in [0.4, 0.5) is 0 Å². The Balaban J connectivity index is 2.69. The third kappa shape index (κ3) is 2.12. The van der Waals surface area contributed by atoms with Crippen molar-refractivity contribution < 1.29 is 9.90 Å². The van der Waals surface area contributed by atoms with Gasteiger partial charge in [-0.25, -0.2) is 4.79 Å². The number of hydrogen-bond acceptors (Lipinski definition) is 2. The first kappa shape index (κ1) is 12.3. The van der Waals surface area contributed by atoms with Gasteiger partial charge in [0.05, 0.1) is 5.56 Å². The Hall–Kier alpha value is -2.16. The van der Waals surface area contributed by atoms with Crippen LogP contribution in [0.3, 0.4) is 0 Å². The molecule has 2 rings (SSSR count). The van der Waals surface area contributed by atoms with E-state index in [0.717, 1.165) is 22.3 Å². The minimum absolute atomic E-state index is 0.240. The summed E-state index contributed by atoms with van der Waals surface area (Å²) in [4.78, 5) is 15.1. The van der Waals surface area contributed by atoms with Crippen LogP contribution < -0.4 is 0 Å². The molecule has 0 atom stereocenters. The standard InChI is InChI=1S/C15H15NO2/c1-9-6-11(3)13(7-10(9)2)12-4-5-16-8-14(12)15(17)18/h4-8H,1-3H3,(H,17,18). The molecular formula is C15H15NO2. The summed E-state index contributed by atoms with van der Waals surface area (Å²) in [6, 6.07) is 5.86. The molecule has 0 bridgehead atoms. The molecule has 0 aliphatic heterocycles. The van der Waals surface area contributed by atoms with Gasteiger partial charge in [0.15, 0.2) is 0 Å². The first-order valence-electron chi connectivity index (χ1n) is 5.76. The fourth-order valence-electron chi connectivity index (χ4n) is 2.05. The number of aromatic carboxylic acids is 1. The highest BCUT2D eigenvalue weighted by Gasteiger charge is 2.13. The lowest BCUT2D eigenvalue weighted by Gasteiger charge is -2.12. The van der Waals surface area contributed by atoms with Crippen LogP contribution in [0.15, 0.2) is 30.6 Å². The van der Waals surface area contributed by atoms with Crippen LogP contribution >= 0.6 is 0 Å². The average molecular weight is 241 g/mol. The van der Waals surface area contributed by atoms with E-state index in [1.807, 2.05) is 19.9 Å². The van der Waals surface area contributed by atoms with Crippen molar-refractivity contribution in [2.45, 2.75) is 20.8 Å². The largest absolute Gasteiger partial charge is 0.478 e. The van der Waals surface area contributed by atoms with Crippen LogP contribution in [-0.4, -0.2) is 16.1 Å². The monoisotopic (exact) mass is 241 g/mol. The highest BCUT2D eigenvalue weighted by molar-refractivity contribution is 5.96. The number of carboxylic acids is 1. The number of benzene rings is 1. The van der Waals surface area contributed by atoms with Gasteiger partial charge < -0.3 is 5.11 Å². The summed E-state index contributed by atoms with van der Waals surface area (Å²) in [6.07, 6.45) is 3.02. The second kappa shape index (κ2) is 4.61. The van der Waals surface area contributed by atoms with Crippen molar-refractivity contribution >= 4 is 5.97 Å². The highest BCUT2D eigenvalue weighted by Crippen LogP contribution is 2.28. The van der Waals surface area contributed by atoms with Gasteiger partial charge in [0.2, 0.25) is 0 Å². The molecule has 18 heavy (non-hydrogen) atoms. The summed E-state index contributed by atoms with van der Waals surface area (Å²) in [5, 5.41) is 9.20. The van der Waals surface area contributed by atoms with Gasteiger partial charge in [-0.2, -0.15) is 0 Å². The second-order valence-corrected chi connectivity index (χ2v) is 4.48. The van der Waals surface area contributed by atoms with Crippen LogP contribution in [0.25, 0.3) is 11.1 Å². The molecule has 1 aromatic heterocycles. The maximum atomic E-state index is 11.2. The lowest BCUT2D eigenvalue weighted by molar-refractivity contribution is 0.0697. The van der Waals surface area contributed by atoms with Crippen molar-refractivity contribution in [3.05, 3.63) is 52.8 Å². The molecule has 3 nitrogen and oxygen atoms in total. The molecule has 0 aliphatic rings. The van der Waals surface area contributed by atoms with Gasteiger partial charge in [-0.05, 0) is 54.7 Å². The zero-order valence-corrected chi connectivity index (χ0v) is 10.7. The Morgan fingerprint density at radius 1 is 1.06 bits per heavy atom. The van der Waals surface area contributed by atoms with Crippen LogP contribution in [0, 0.1) is 20.8 Å². The number of rotatable bonds is 2. The molecule has 1 aromatic carbocycles. The van der Waals surface area contributed by atoms with Crippen LogP contribution in [0.1, 0.15) is 27.0 Å². The molecule has 0 amide bonds. The van der Waals surface area contributed by atoms with Gasteiger partial charge in [0.25, 0.3) is 0 Å². The third-order valence-corrected chi connectivity index (χ3v) is 3.18. The predicted molar refractivity (Wildman–Crippen MR) is 70.8 cm³/mol. The Bertz CT molecular complexity index is 618. The number of carbonyl (C=O) groups is 1. The van der Waals surface area contributed by atoms with Crippen molar-refractivity contribution in [1.82, 2.24) is 4.98 Å². The molecule has 92 valence electrons. The van der Waals surface area contributed by atoms with Crippen molar-refractivity contribution in [2.24, 2.45) is 0 Å².